The lowest BCUT2D eigenvalue weighted by Crippen LogP contribution is -2.09. The van der Waals surface area contributed by atoms with Crippen molar-refractivity contribution in [2.75, 3.05) is 7.11 Å². The summed E-state index contributed by atoms with van der Waals surface area (Å²) in [6, 6.07) is 3.30. The van der Waals surface area contributed by atoms with E-state index in [0.29, 0.717) is 16.5 Å². The van der Waals surface area contributed by atoms with Crippen LogP contribution in [0.3, 0.4) is 0 Å². The Balaban J connectivity index is 0.000000811. The van der Waals surface area contributed by atoms with Gasteiger partial charge >= 0.3 is 5.97 Å². The van der Waals surface area contributed by atoms with Crippen LogP contribution in [-0.2, 0) is 4.74 Å². The third-order valence-corrected chi connectivity index (χ3v) is 1.98. The number of aromatic nitrogens is 2. The van der Waals surface area contributed by atoms with Gasteiger partial charge in [-0.2, -0.15) is 5.10 Å². The standard InChI is InChI=1S/C9H7BN2O2.C2H6.H2/c1-14-9(13)7-3-6(10)2-5-4-11-12-8(5)7;1-2;/h2-4H,1H3,(H,11,12);1-2H3;1H. The molecular weight excluding hydrogens is 203 g/mol. The zero-order valence-electron chi connectivity index (χ0n) is 9.57. The van der Waals surface area contributed by atoms with Crippen LogP contribution < -0.4 is 5.46 Å². The number of H-pyrrole nitrogens is 1. The monoisotopic (exact) mass is 218 g/mol. The Labute approximate surface area is 96.9 Å². The van der Waals surface area contributed by atoms with Crippen molar-refractivity contribution < 1.29 is 11.0 Å². The van der Waals surface area contributed by atoms with Crippen molar-refractivity contribution in [1.82, 2.24) is 10.2 Å². The number of rotatable bonds is 1. The van der Waals surface area contributed by atoms with Gasteiger partial charge in [-0.25, -0.2) is 4.79 Å². The van der Waals surface area contributed by atoms with Crippen LogP contribution in [0.2, 0.25) is 0 Å². The highest BCUT2D eigenvalue weighted by Gasteiger charge is 2.11. The first-order valence-corrected chi connectivity index (χ1v) is 5.03. The Kier molecular flexibility index (Phi) is 4.11. The van der Waals surface area contributed by atoms with Crippen LogP contribution in [0.25, 0.3) is 10.9 Å². The molecule has 0 atom stereocenters. The lowest BCUT2D eigenvalue weighted by atomic mass is 9.92. The van der Waals surface area contributed by atoms with Crippen molar-refractivity contribution in [2.45, 2.75) is 13.8 Å². The van der Waals surface area contributed by atoms with E-state index in [9.17, 15) is 4.79 Å². The molecule has 0 unspecified atom stereocenters. The van der Waals surface area contributed by atoms with Crippen molar-refractivity contribution in [1.29, 1.82) is 0 Å². The van der Waals surface area contributed by atoms with E-state index in [1.807, 2.05) is 13.8 Å². The van der Waals surface area contributed by atoms with Crippen molar-refractivity contribution in [3.05, 3.63) is 23.9 Å². The average molecular weight is 218 g/mol. The molecule has 0 bridgehead atoms. The molecule has 4 nitrogen and oxygen atoms in total. The number of nitrogens with one attached hydrogen (secondary N) is 1. The van der Waals surface area contributed by atoms with Gasteiger partial charge in [-0.3, -0.25) is 5.10 Å². The number of methoxy groups -OCH3 is 1. The molecule has 0 saturated heterocycles. The second-order valence-corrected chi connectivity index (χ2v) is 2.89. The summed E-state index contributed by atoms with van der Waals surface area (Å²) in [6.45, 7) is 4.00. The van der Waals surface area contributed by atoms with Crippen LogP contribution in [0.4, 0.5) is 0 Å². The van der Waals surface area contributed by atoms with E-state index in [4.69, 9.17) is 7.85 Å². The molecule has 1 aromatic heterocycles. The number of aromatic amines is 1. The van der Waals surface area contributed by atoms with E-state index in [1.54, 1.807) is 18.3 Å². The summed E-state index contributed by atoms with van der Waals surface area (Å²) in [5.74, 6) is -0.424. The predicted octanol–water partition coefficient (Wildman–Crippen LogP) is 1.42. The maximum atomic E-state index is 11.4. The Bertz CT molecular complexity index is 499. The molecule has 2 rings (SSSR count). The highest BCUT2D eigenvalue weighted by Crippen LogP contribution is 2.14. The van der Waals surface area contributed by atoms with Gasteiger partial charge in [-0.15, -0.1) is 0 Å². The number of nitrogens with zero attached hydrogens (tertiary/aromatic N) is 1. The molecule has 0 spiro atoms. The van der Waals surface area contributed by atoms with Gasteiger partial charge in [-0.1, -0.05) is 31.4 Å². The smallest absolute Gasteiger partial charge is 0.340 e. The molecule has 1 heterocycles. The molecular formula is C11H15BN2O2. The third kappa shape index (κ3) is 2.24. The molecule has 84 valence electrons. The first-order chi connectivity index (χ1) is 7.72. The summed E-state index contributed by atoms with van der Waals surface area (Å²) in [5, 5.41) is 7.35. The summed E-state index contributed by atoms with van der Waals surface area (Å²) in [7, 11) is 6.95. The Morgan fingerprint density at radius 1 is 1.50 bits per heavy atom. The van der Waals surface area contributed by atoms with E-state index in [1.165, 1.54) is 7.11 Å². The highest BCUT2D eigenvalue weighted by molar-refractivity contribution is 6.34. The number of fused-ring (bicyclic) bond motifs is 1. The highest BCUT2D eigenvalue weighted by atomic mass is 16.5. The van der Waals surface area contributed by atoms with Gasteiger partial charge in [0.05, 0.1) is 24.4 Å². The van der Waals surface area contributed by atoms with Gasteiger partial charge in [0.2, 0.25) is 0 Å². The predicted molar refractivity (Wildman–Crippen MR) is 66.3 cm³/mol. The van der Waals surface area contributed by atoms with E-state index in [-0.39, 0.29) is 1.43 Å². The number of benzene rings is 1. The van der Waals surface area contributed by atoms with Gasteiger partial charge in [0.25, 0.3) is 0 Å². The fourth-order valence-corrected chi connectivity index (χ4v) is 1.35. The fourth-order valence-electron chi connectivity index (χ4n) is 1.35. The minimum absolute atomic E-state index is 0. The zero-order chi connectivity index (χ0) is 12.1. The summed E-state index contributed by atoms with van der Waals surface area (Å²) in [5.41, 5.74) is 1.56. The maximum absolute atomic E-state index is 11.4. The summed E-state index contributed by atoms with van der Waals surface area (Å²) in [6.07, 6.45) is 1.61. The lowest BCUT2D eigenvalue weighted by molar-refractivity contribution is 0.0603. The minimum atomic E-state index is -0.424. The van der Waals surface area contributed by atoms with E-state index in [0.717, 1.165) is 5.39 Å². The number of hydrogen-bond donors (Lipinski definition) is 1. The number of carbonyl (C=O) groups excluding carboxylic acids is 1. The van der Waals surface area contributed by atoms with Crippen LogP contribution in [0.1, 0.15) is 25.6 Å². The second-order valence-electron chi connectivity index (χ2n) is 2.89. The Hall–Kier alpha value is -1.78. The van der Waals surface area contributed by atoms with E-state index in [2.05, 4.69) is 14.9 Å². The van der Waals surface area contributed by atoms with Crippen LogP contribution in [0, 0.1) is 0 Å². The Morgan fingerprint density at radius 2 is 2.19 bits per heavy atom. The maximum Gasteiger partial charge on any atom is 0.340 e. The van der Waals surface area contributed by atoms with Crippen LogP contribution >= 0.6 is 0 Å². The molecule has 2 radical (unpaired) electrons. The van der Waals surface area contributed by atoms with Crippen LogP contribution in [-0.4, -0.2) is 31.1 Å². The molecule has 0 aliphatic heterocycles. The molecule has 0 fully saturated rings. The third-order valence-electron chi connectivity index (χ3n) is 1.98. The topological polar surface area (TPSA) is 55.0 Å². The second kappa shape index (κ2) is 5.35. The SMILES string of the molecule is CC.[B]c1cc(C(=O)OC)c2[nH]ncc2c1.[HH]. The van der Waals surface area contributed by atoms with Gasteiger partial charge < -0.3 is 4.74 Å². The summed E-state index contributed by atoms with van der Waals surface area (Å²) >= 11 is 0. The molecule has 0 aliphatic carbocycles. The van der Waals surface area contributed by atoms with Crippen LogP contribution in [0.15, 0.2) is 18.3 Å². The van der Waals surface area contributed by atoms with Gasteiger partial charge in [0.1, 0.15) is 7.85 Å². The Morgan fingerprint density at radius 3 is 2.81 bits per heavy atom. The lowest BCUT2D eigenvalue weighted by Gasteiger charge is -2.02. The van der Waals surface area contributed by atoms with Crippen molar-refractivity contribution in [3.8, 4) is 0 Å². The number of esters is 1. The molecule has 1 N–H and O–H groups in total. The molecule has 0 aliphatic rings. The first-order valence-electron chi connectivity index (χ1n) is 5.03. The quantitative estimate of drug-likeness (QED) is 0.581. The molecule has 16 heavy (non-hydrogen) atoms. The van der Waals surface area contributed by atoms with Gasteiger partial charge in [0.15, 0.2) is 0 Å². The minimum Gasteiger partial charge on any atom is -0.465 e. The van der Waals surface area contributed by atoms with Crippen molar-refractivity contribution in [2.24, 2.45) is 0 Å². The number of carbonyl (C=O) groups is 1. The zero-order valence-corrected chi connectivity index (χ0v) is 9.57. The normalized spacial score (nSPS) is 9.44. The summed E-state index contributed by atoms with van der Waals surface area (Å²) < 4.78 is 4.63. The average Bonchev–Trinajstić information content (AvgIpc) is 2.77. The van der Waals surface area contributed by atoms with Gasteiger partial charge in [0, 0.05) is 6.81 Å². The van der Waals surface area contributed by atoms with Crippen molar-refractivity contribution >= 4 is 30.2 Å². The largest absolute Gasteiger partial charge is 0.465 e. The van der Waals surface area contributed by atoms with Gasteiger partial charge in [-0.05, 0) is 0 Å². The molecule has 0 saturated carbocycles. The van der Waals surface area contributed by atoms with E-state index < -0.39 is 5.97 Å². The first kappa shape index (κ1) is 12.3. The molecule has 1 aromatic carbocycles. The van der Waals surface area contributed by atoms with Crippen molar-refractivity contribution in [3.63, 3.8) is 0 Å². The van der Waals surface area contributed by atoms with E-state index >= 15 is 0 Å². The number of ether oxygens (including phenoxy) is 1. The number of hydrogen-bond acceptors (Lipinski definition) is 3. The summed E-state index contributed by atoms with van der Waals surface area (Å²) in [4.78, 5) is 11.4. The molecule has 2 aromatic rings. The molecule has 0 amide bonds. The fraction of sp³-hybridized carbons (Fsp3) is 0.273. The van der Waals surface area contributed by atoms with Crippen LogP contribution in [0.5, 0.6) is 0 Å². The molecule has 5 heteroatoms.